The highest BCUT2D eigenvalue weighted by Crippen LogP contribution is 2.37. The van der Waals surface area contributed by atoms with Crippen LogP contribution < -0.4 is 10.1 Å². The number of hydrogen-bond acceptors (Lipinski definition) is 5. The van der Waals surface area contributed by atoms with Crippen LogP contribution in [-0.2, 0) is 19.6 Å². The average Bonchev–Trinajstić information content (AvgIpc) is 2.46. The predicted molar refractivity (Wildman–Crippen MR) is 86.5 cm³/mol. The summed E-state index contributed by atoms with van der Waals surface area (Å²) in [6.45, 7) is 3.88. The topological polar surface area (TPSA) is 84.9 Å². The number of amides is 1. The van der Waals surface area contributed by atoms with Gasteiger partial charge in [0.25, 0.3) is 5.91 Å². The second-order valence-corrected chi connectivity index (χ2v) is 7.39. The van der Waals surface area contributed by atoms with Crippen molar-refractivity contribution < 1.29 is 22.7 Å². The number of anilines is 1. The number of nitrogens with zero attached hydrogens (tertiary/aromatic N) is 1. The molecule has 7 nitrogen and oxygen atoms in total. The Morgan fingerprint density at radius 2 is 2.17 bits per heavy atom. The van der Waals surface area contributed by atoms with Gasteiger partial charge in [-0.1, -0.05) is 18.5 Å². The van der Waals surface area contributed by atoms with Gasteiger partial charge in [-0.2, -0.15) is 4.31 Å². The van der Waals surface area contributed by atoms with Crippen LogP contribution in [0.15, 0.2) is 17.0 Å². The molecular weight excluding hydrogens is 344 g/mol. The van der Waals surface area contributed by atoms with Crippen LogP contribution in [0.2, 0.25) is 5.02 Å². The number of nitrogens with one attached hydrogen (secondary N) is 1. The zero-order valence-electron chi connectivity index (χ0n) is 13.1. The minimum atomic E-state index is -3.82. The van der Waals surface area contributed by atoms with Gasteiger partial charge in [-0.15, -0.1) is 0 Å². The summed E-state index contributed by atoms with van der Waals surface area (Å²) in [7, 11) is -2.31. The lowest BCUT2D eigenvalue weighted by Gasteiger charge is -2.28. The molecule has 0 fully saturated rings. The number of benzene rings is 1. The second-order valence-electron chi connectivity index (χ2n) is 5.13. The Balaban J connectivity index is 2.45. The van der Waals surface area contributed by atoms with Crippen molar-refractivity contribution in [2.75, 3.05) is 32.2 Å². The number of carbonyl (C=O) groups is 1. The highest BCUT2D eigenvalue weighted by atomic mass is 35.5. The Bertz CT molecular complexity index is 707. The van der Waals surface area contributed by atoms with Gasteiger partial charge in [0.05, 0.1) is 17.3 Å². The normalized spacial score (nSPS) is 15.8. The Morgan fingerprint density at radius 3 is 2.78 bits per heavy atom. The molecule has 23 heavy (non-hydrogen) atoms. The molecule has 0 spiro atoms. The maximum absolute atomic E-state index is 12.9. The van der Waals surface area contributed by atoms with Crippen LogP contribution in [-0.4, -0.2) is 51.5 Å². The SMILES string of the molecule is CCN(C(C)COC)S(=O)(=O)c1cc2c(cc1Cl)NC(=O)CO2. The minimum absolute atomic E-state index is 0.0256. The molecular formula is C14H19ClN2O5S. The molecule has 9 heteroatoms. The molecule has 1 N–H and O–H groups in total. The molecule has 1 atom stereocenters. The van der Waals surface area contributed by atoms with Crippen LogP contribution in [0.3, 0.4) is 0 Å². The molecule has 0 saturated carbocycles. The number of hydrogen-bond donors (Lipinski definition) is 1. The van der Waals surface area contributed by atoms with E-state index in [0.29, 0.717) is 5.69 Å². The summed E-state index contributed by atoms with van der Waals surface area (Å²) in [5, 5.41) is 2.61. The Hall–Kier alpha value is -1.35. The maximum Gasteiger partial charge on any atom is 0.262 e. The Labute approximate surface area is 140 Å². The van der Waals surface area contributed by atoms with Crippen molar-refractivity contribution in [3.8, 4) is 5.75 Å². The number of ether oxygens (including phenoxy) is 2. The number of carbonyl (C=O) groups excluding carboxylic acids is 1. The van der Waals surface area contributed by atoms with Crippen molar-refractivity contribution in [3.63, 3.8) is 0 Å². The fraction of sp³-hybridized carbons (Fsp3) is 0.500. The van der Waals surface area contributed by atoms with Crippen molar-refractivity contribution in [2.24, 2.45) is 0 Å². The molecule has 1 aliphatic rings. The molecule has 0 bridgehead atoms. The molecule has 1 aliphatic heterocycles. The van der Waals surface area contributed by atoms with E-state index in [1.807, 2.05) is 0 Å². The van der Waals surface area contributed by atoms with Gasteiger partial charge < -0.3 is 14.8 Å². The van der Waals surface area contributed by atoms with Gasteiger partial charge in [0.2, 0.25) is 10.0 Å². The lowest BCUT2D eigenvalue weighted by atomic mass is 10.2. The van der Waals surface area contributed by atoms with Crippen LogP contribution in [0.25, 0.3) is 0 Å². The molecule has 2 rings (SSSR count). The van der Waals surface area contributed by atoms with Crippen molar-refractivity contribution in [1.82, 2.24) is 4.31 Å². The van der Waals surface area contributed by atoms with E-state index in [4.69, 9.17) is 21.1 Å². The third-order valence-corrected chi connectivity index (χ3v) is 6.02. The molecule has 128 valence electrons. The molecule has 0 radical (unpaired) electrons. The van der Waals surface area contributed by atoms with Gasteiger partial charge in [-0.25, -0.2) is 8.42 Å². The van der Waals surface area contributed by atoms with Crippen LogP contribution in [0.4, 0.5) is 5.69 Å². The Kier molecular flexibility index (Phi) is 5.51. The summed E-state index contributed by atoms with van der Waals surface area (Å²) < 4.78 is 37.4. The molecule has 1 aromatic carbocycles. The third-order valence-electron chi connectivity index (χ3n) is 3.46. The molecule has 0 aliphatic carbocycles. The quantitative estimate of drug-likeness (QED) is 0.832. The van der Waals surface area contributed by atoms with Crippen molar-refractivity contribution in [3.05, 3.63) is 17.2 Å². The Morgan fingerprint density at radius 1 is 1.48 bits per heavy atom. The standard InChI is InChI=1S/C14H19ClN2O5S/c1-4-17(9(2)7-21-3)23(19,20)13-6-12-11(5-10(13)15)16-14(18)8-22-12/h5-6,9H,4,7-8H2,1-3H3,(H,16,18). The lowest BCUT2D eigenvalue weighted by molar-refractivity contribution is -0.118. The van der Waals surface area contributed by atoms with Crippen molar-refractivity contribution >= 4 is 33.2 Å². The van der Waals surface area contributed by atoms with Crippen molar-refractivity contribution in [1.29, 1.82) is 0 Å². The smallest absolute Gasteiger partial charge is 0.262 e. The van der Waals surface area contributed by atoms with Crippen LogP contribution >= 0.6 is 11.6 Å². The van der Waals surface area contributed by atoms with E-state index in [9.17, 15) is 13.2 Å². The first-order chi connectivity index (χ1) is 10.8. The molecule has 1 aromatic rings. The average molecular weight is 363 g/mol. The van der Waals surface area contributed by atoms with Gasteiger partial charge >= 0.3 is 0 Å². The van der Waals surface area contributed by atoms with Crippen LogP contribution in [0.5, 0.6) is 5.75 Å². The lowest BCUT2D eigenvalue weighted by Crippen LogP contribution is -2.41. The number of halogens is 1. The minimum Gasteiger partial charge on any atom is -0.482 e. The first-order valence-corrected chi connectivity index (χ1v) is 8.90. The van der Waals surface area contributed by atoms with E-state index in [0.717, 1.165) is 0 Å². The first-order valence-electron chi connectivity index (χ1n) is 7.08. The van der Waals surface area contributed by atoms with Gasteiger partial charge in [0.1, 0.15) is 10.6 Å². The van der Waals surface area contributed by atoms with Gasteiger partial charge in [0.15, 0.2) is 6.61 Å². The van der Waals surface area contributed by atoms with Crippen molar-refractivity contribution in [2.45, 2.75) is 24.8 Å². The van der Waals surface area contributed by atoms with Crippen LogP contribution in [0.1, 0.15) is 13.8 Å². The monoisotopic (exact) mass is 362 g/mol. The largest absolute Gasteiger partial charge is 0.482 e. The number of methoxy groups -OCH3 is 1. The van der Waals surface area contributed by atoms with Gasteiger partial charge in [-0.05, 0) is 13.0 Å². The van der Waals surface area contributed by atoms with E-state index in [-0.39, 0.29) is 47.4 Å². The second kappa shape index (κ2) is 7.04. The number of rotatable bonds is 6. The summed E-state index contributed by atoms with van der Waals surface area (Å²) in [5.74, 6) is -0.0314. The molecule has 1 amide bonds. The third kappa shape index (κ3) is 3.60. The zero-order chi connectivity index (χ0) is 17.2. The van der Waals surface area contributed by atoms with E-state index in [1.54, 1.807) is 13.8 Å². The van der Waals surface area contributed by atoms with E-state index in [1.165, 1.54) is 23.5 Å². The highest BCUT2D eigenvalue weighted by Gasteiger charge is 2.31. The zero-order valence-corrected chi connectivity index (χ0v) is 14.7. The predicted octanol–water partition coefficient (Wildman–Crippen LogP) is 1.72. The fourth-order valence-corrected chi connectivity index (χ4v) is 4.59. The van der Waals surface area contributed by atoms with Gasteiger partial charge in [-0.3, -0.25) is 4.79 Å². The number of sulfonamides is 1. The summed E-state index contributed by atoms with van der Waals surface area (Å²) in [6, 6.07) is 2.38. The number of fused-ring (bicyclic) bond motifs is 1. The number of likely N-dealkylation sites (N-methyl/N-ethyl adjacent to an activating group) is 1. The van der Waals surface area contributed by atoms with Gasteiger partial charge in [0, 0.05) is 25.8 Å². The molecule has 0 aromatic heterocycles. The summed E-state index contributed by atoms with van der Waals surface area (Å²) in [5.41, 5.74) is 0.359. The molecule has 1 unspecified atom stereocenters. The van der Waals surface area contributed by atoms with E-state index < -0.39 is 10.0 Å². The maximum atomic E-state index is 12.9. The van der Waals surface area contributed by atoms with E-state index >= 15 is 0 Å². The fourth-order valence-electron chi connectivity index (χ4n) is 2.45. The van der Waals surface area contributed by atoms with Crippen LogP contribution in [0, 0.1) is 0 Å². The van der Waals surface area contributed by atoms with E-state index in [2.05, 4.69) is 5.32 Å². The summed E-state index contributed by atoms with van der Waals surface area (Å²) in [4.78, 5) is 11.3. The first kappa shape index (κ1) is 18.0. The summed E-state index contributed by atoms with van der Waals surface area (Å²) in [6.07, 6.45) is 0. The molecule has 0 saturated heterocycles. The summed E-state index contributed by atoms with van der Waals surface area (Å²) >= 11 is 6.13. The highest BCUT2D eigenvalue weighted by molar-refractivity contribution is 7.89. The molecule has 1 heterocycles.